The van der Waals surface area contributed by atoms with E-state index in [0.717, 1.165) is 16.5 Å². The molecule has 0 unspecified atom stereocenters. The van der Waals surface area contributed by atoms with Gasteiger partial charge in [-0.1, -0.05) is 18.2 Å². The Labute approximate surface area is 165 Å². The lowest BCUT2D eigenvalue weighted by atomic mass is 9.94. The number of fused-ring (bicyclic) bond motifs is 1. The van der Waals surface area contributed by atoms with Crippen molar-refractivity contribution in [2.24, 2.45) is 5.92 Å². The zero-order valence-corrected chi connectivity index (χ0v) is 15.4. The van der Waals surface area contributed by atoms with Gasteiger partial charge in [-0.2, -0.15) is 9.78 Å². The Morgan fingerprint density at radius 3 is 3.00 bits per heavy atom. The predicted octanol–water partition coefficient (Wildman–Crippen LogP) is 0.609. The van der Waals surface area contributed by atoms with Gasteiger partial charge in [-0.3, -0.25) is 14.9 Å². The number of aliphatic hydroxyl groups excluding tert-OH is 1. The molecule has 1 saturated heterocycles. The van der Waals surface area contributed by atoms with Gasteiger partial charge in [0, 0.05) is 36.7 Å². The SMILES string of the molecule is O=C(c1cc(-n2cnnn2)n[nH]1)N1C[C@@H](Cc2ccnc3ccccc23)[C@@H](O)C1. The lowest BCUT2D eigenvalue weighted by Crippen LogP contribution is -2.29. The largest absolute Gasteiger partial charge is 0.391 e. The number of nitrogens with one attached hydrogen (secondary N) is 1. The second-order valence-corrected chi connectivity index (χ2v) is 7.12. The van der Waals surface area contributed by atoms with Gasteiger partial charge in [0.15, 0.2) is 5.82 Å². The van der Waals surface area contributed by atoms with Crippen molar-refractivity contribution < 1.29 is 9.90 Å². The smallest absolute Gasteiger partial charge is 0.272 e. The van der Waals surface area contributed by atoms with Crippen LogP contribution in [0.2, 0.25) is 0 Å². The number of aliphatic hydroxyl groups is 1. The summed E-state index contributed by atoms with van der Waals surface area (Å²) in [5.74, 6) is 0.169. The minimum Gasteiger partial charge on any atom is -0.391 e. The molecule has 0 radical (unpaired) electrons. The maximum atomic E-state index is 12.9. The molecule has 0 saturated carbocycles. The lowest BCUT2D eigenvalue weighted by Gasteiger charge is -2.16. The van der Waals surface area contributed by atoms with Crippen molar-refractivity contribution in [1.82, 2.24) is 40.3 Å². The standard InChI is InChI=1S/C19H18N8O2/c28-17-10-26(19(29)16-8-18(23-22-16)27-11-21-24-25-27)9-13(17)7-12-5-6-20-15-4-2-1-3-14(12)15/h1-6,8,11,13,17,28H,7,9-10H2,(H,22,23)/t13-,17+/m1/s1. The van der Waals surface area contributed by atoms with Gasteiger partial charge in [0.25, 0.3) is 5.91 Å². The van der Waals surface area contributed by atoms with Gasteiger partial charge < -0.3 is 10.0 Å². The quantitative estimate of drug-likeness (QED) is 0.523. The van der Waals surface area contributed by atoms with Crippen molar-refractivity contribution >= 4 is 16.8 Å². The van der Waals surface area contributed by atoms with Gasteiger partial charge in [0.2, 0.25) is 0 Å². The fraction of sp³-hybridized carbons (Fsp3) is 0.263. The first-order valence-electron chi connectivity index (χ1n) is 9.28. The van der Waals surface area contributed by atoms with E-state index in [1.807, 2.05) is 30.3 Å². The average Bonchev–Trinajstić information content (AvgIpc) is 3.49. The number of amides is 1. The highest BCUT2D eigenvalue weighted by Crippen LogP contribution is 2.26. The number of benzene rings is 1. The molecule has 4 aromatic rings. The van der Waals surface area contributed by atoms with Gasteiger partial charge in [0.05, 0.1) is 11.6 Å². The second kappa shape index (κ2) is 7.06. The van der Waals surface area contributed by atoms with Crippen LogP contribution in [-0.2, 0) is 6.42 Å². The van der Waals surface area contributed by atoms with Crippen LogP contribution in [0.1, 0.15) is 16.1 Å². The van der Waals surface area contributed by atoms with Gasteiger partial charge in [-0.15, -0.1) is 5.10 Å². The van der Waals surface area contributed by atoms with E-state index in [1.165, 1.54) is 11.0 Å². The molecular weight excluding hydrogens is 372 g/mol. The van der Waals surface area contributed by atoms with Crippen LogP contribution in [0.4, 0.5) is 0 Å². The van der Waals surface area contributed by atoms with Crippen LogP contribution in [0.3, 0.4) is 0 Å². The summed E-state index contributed by atoms with van der Waals surface area (Å²) in [6.45, 7) is 0.752. The average molecular weight is 390 g/mol. The van der Waals surface area contributed by atoms with Crippen LogP contribution in [0, 0.1) is 5.92 Å². The van der Waals surface area contributed by atoms with E-state index in [2.05, 4.69) is 30.7 Å². The first kappa shape index (κ1) is 17.4. The molecule has 0 spiro atoms. The molecule has 1 fully saturated rings. The van der Waals surface area contributed by atoms with Crippen molar-refractivity contribution in [2.45, 2.75) is 12.5 Å². The third-order valence-electron chi connectivity index (χ3n) is 5.29. The van der Waals surface area contributed by atoms with E-state index >= 15 is 0 Å². The van der Waals surface area contributed by atoms with Crippen LogP contribution >= 0.6 is 0 Å². The number of β-amino-alcohol motifs (C(OH)–C–C–N with tert-alkyl or cyclic N) is 1. The van der Waals surface area contributed by atoms with E-state index in [1.54, 1.807) is 17.2 Å². The van der Waals surface area contributed by atoms with Crippen LogP contribution in [-0.4, -0.2) is 70.5 Å². The first-order chi connectivity index (χ1) is 14.2. The maximum Gasteiger partial charge on any atom is 0.272 e. The molecule has 1 amide bonds. The highest BCUT2D eigenvalue weighted by Gasteiger charge is 2.35. The van der Waals surface area contributed by atoms with Crippen LogP contribution in [0.25, 0.3) is 16.7 Å². The summed E-state index contributed by atoms with van der Waals surface area (Å²) in [5, 5.41) is 29.3. The number of carbonyl (C=O) groups excluding carboxylic acids is 1. The summed E-state index contributed by atoms with van der Waals surface area (Å²) in [4.78, 5) is 18.9. The Morgan fingerprint density at radius 1 is 1.24 bits per heavy atom. The Morgan fingerprint density at radius 2 is 2.14 bits per heavy atom. The van der Waals surface area contributed by atoms with Crippen molar-refractivity contribution in [2.75, 3.05) is 13.1 Å². The Balaban J connectivity index is 1.32. The molecule has 1 aliphatic rings. The summed E-state index contributed by atoms with van der Waals surface area (Å²) in [7, 11) is 0. The van der Waals surface area contributed by atoms with Crippen LogP contribution in [0.5, 0.6) is 0 Å². The lowest BCUT2D eigenvalue weighted by molar-refractivity contribution is 0.0759. The zero-order valence-electron chi connectivity index (χ0n) is 15.4. The summed E-state index contributed by atoms with van der Waals surface area (Å²) in [5.41, 5.74) is 2.38. The molecule has 0 aliphatic carbocycles. The summed E-state index contributed by atoms with van der Waals surface area (Å²) >= 11 is 0. The molecular formula is C19H18N8O2. The number of likely N-dealkylation sites (tertiary alicyclic amines) is 1. The van der Waals surface area contributed by atoms with Crippen molar-refractivity contribution in [3.63, 3.8) is 0 Å². The number of para-hydroxylation sites is 1. The Kier molecular flexibility index (Phi) is 4.24. The summed E-state index contributed by atoms with van der Waals surface area (Å²) in [6.07, 6.45) is 3.27. The number of H-pyrrole nitrogens is 1. The minimum atomic E-state index is -0.590. The van der Waals surface area contributed by atoms with E-state index in [0.29, 0.717) is 24.5 Å². The van der Waals surface area contributed by atoms with Crippen LogP contribution in [0.15, 0.2) is 48.9 Å². The maximum absolute atomic E-state index is 12.9. The molecule has 10 nitrogen and oxygen atoms in total. The Bertz CT molecular complexity index is 1150. The molecule has 146 valence electrons. The molecule has 1 aromatic carbocycles. The van der Waals surface area contributed by atoms with Crippen molar-refractivity contribution in [3.05, 3.63) is 60.2 Å². The molecule has 29 heavy (non-hydrogen) atoms. The van der Waals surface area contributed by atoms with Crippen LogP contribution < -0.4 is 0 Å². The van der Waals surface area contributed by atoms with E-state index in [-0.39, 0.29) is 18.4 Å². The monoisotopic (exact) mass is 390 g/mol. The molecule has 1 aliphatic heterocycles. The second-order valence-electron chi connectivity index (χ2n) is 7.12. The van der Waals surface area contributed by atoms with Crippen molar-refractivity contribution in [1.29, 1.82) is 0 Å². The minimum absolute atomic E-state index is 0.0494. The summed E-state index contributed by atoms with van der Waals surface area (Å²) < 4.78 is 1.36. The third kappa shape index (κ3) is 3.23. The molecule has 0 bridgehead atoms. The number of pyridine rings is 1. The normalized spacial score (nSPS) is 19.1. The first-order valence-corrected chi connectivity index (χ1v) is 9.28. The van der Waals surface area contributed by atoms with E-state index in [4.69, 9.17) is 0 Å². The number of aromatic nitrogens is 7. The topological polar surface area (TPSA) is 126 Å². The van der Waals surface area contributed by atoms with Gasteiger partial charge in [0.1, 0.15) is 12.0 Å². The summed E-state index contributed by atoms with van der Waals surface area (Å²) in [6, 6.07) is 11.5. The number of rotatable bonds is 4. The van der Waals surface area contributed by atoms with E-state index < -0.39 is 6.10 Å². The van der Waals surface area contributed by atoms with Crippen molar-refractivity contribution in [3.8, 4) is 5.82 Å². The van der Waals surface area contributed by atoms with Gasteiger partial charge in [-0.25, -0.2) is 0 Å². The highest BCUT2D eigenvalue weighted by atomic mass is 16.3. The number of tetrazole rings is 1. The Hall–Kier alpha value is -3.66. The molecule has 5 rings (SSSR count). The molecule has 10 heteroatoms. The zero-order chi connectivity index (χ0) is 19.8. The predicted molar refractivity (Wildman–Crippen MR) is 102 cm³/mol. The number of hydrogen-bond donors (Lipinski definition) is 2. The fourth-order valence-electron chi connectivity index (χ4n) is 3.81. The highest BCUT2D eigenvalue weighted by molar-refractivity contribution is 5.93. The fourth-order valence-corrected chi connectivity index (χ4v) is 3.81. The number of aromatic amines is 1. The van der Waals surface area contributed by atoms with Gasteiger partial charge >= 0.3 is 0 Å². The molecule has 4 heterocycles. The molecule has 3 aromatic heterocycles. The molecule has 2 atom stereocenters. The number of hydrogen-bond acceptors (Lipinski definition) is 7. The third-order valence-corrected chi connectivity index (χ3v) is 5.29. The van der Waals surface area contributed by atoms with Gasteiger partial charge in [-0.05, 0) is 34.5 Å². The van der Waals surface area contributed by atoms with E-state index in [9.17, 15) is 9.90 Å². The number of carbonyl (C=O) groups is 1. The molecule has 2 N–H and O–H groups in total. The number of nitrogens with zero attached hydrogens (tertiary/aromatic N) is 7.